The van der Waals surface area contributed by atoms with Crippen LogP contribution in [0, 0.1) is 6.92 Å². The van der Waals surface area contributed by atoms with E-state index < -0.39 is 11.4 Å². The molecule has 0 saturated carbocycles. The minimum atomic E-state index is -0.444. The van der Waals surface area contributed by atoms with Crippen LogP contribution in [0.3, 0.4) is 0 Å². The zero-order valence-corrected chi connectivity index (χ0v) is 12.2. The lowest BCUT2D eigenvalue weighted by Gasteiger charge is -2.30. The Bertz CT molecular complexity index is 608. The number of ketones is 1. The van der Waals surface area contributed by atoms with Crippen molar-refractivity contribution in [1.82, 2.24) is 4.90 Å². The second-order valence-corrected chi connectivity index (χ2v) is 6.02. The van der Waals surface area contributed by atoms with E-state index in [0.29, 0.717) is 5.56 Å². The van der Waals surface area contributed by atoms with Gasteiger partial charge >= 0.3 is 0 Å². The summed E-state index contributed by atoms with van der Waals surface area (Å²) in [5, 5.41) is 10.3. The van der Waals surface area contributed by atoms with E-state index in [-0.39, 0.29) is 23.7 Å². The first kappa shape index (κ1) is 14.3. The van der Waals surface area contributed by atoms with Gasteiger partial charge in [-0.3, -0.25) is 9.59 Å². The van der Waals surface area contributed by atoms with E-state index in [1.807, 2.05) is 39.8 Å². The fraction of sp³-hybridized carbons (Fsp3) is 0.375. The lowest BCUT2D eigenvalue weighted by molar-refractivity contribution is -0.129. The minimum Gasteiger partial charge on any atom is -0.506 e. The molecule has 4 nitrogen and oxygen atoms in total. The van der Waals surface area contributed by atoms with E-state index >= 15 is 0 Å². The standard InChI is InChI=1S/C16H19NO3/c1-10-7-5-6-8-11(10)14(19)13-12(18)9-17(15(13)20)16(2,3)4/h5-8,19H,9H2,1-4H3/b14-13-. The first-order valence-electron chi connectivity index (χ1n) is 6.58. The summed E-state index contributed by atoms with van der Waals surface area (Å²) in [4.78, 5) is 25.9. The summed E-state index contributed by atoms with van der Waals surface area (Å²) in [6.45, 7) is 7.45. The van der Waals surface area contributed by atoms with E-state index in [9.17, 15) is 14.7 Å². The Hall–Kier alpha value is -2.10. The summed E-state index contributed by atoms with van der Waals surface area (Å²) >= 11 is 0. The zero-order chi connectivity index (χ0) is 15.1. The average molecular weight is 273 g/mol. The molecular formula is C16H19NO3. The van der Waals surface area contributed by atoms with Crippen molar-refractivity contribution in [2.24, 2.45) is 0 Å². The first-order chi connectivity index (χ1) is 9.23. The molecule has 0 aliphatic carbocycles. The fourth-order valence-corrected chi connectivity index (χ4v) is 2.30. The molecule has 0 aromatic heterocycles. The molecule has 1 aromatic rings. The van der Waals surface area contributed by atoms with Crippen LogP contribution in [-0.2, 0) is 9.59 Å². The van der Waals surface area contributed by atoms with Crippen LogP contribution in [-0.4, -0.2) is 33.8 Å². The smallest absolute Gasteiger partial charge is 0.262 e. The number of aliphatic hydroxyl groups excluding tert-OH is 1. The molecule has 20 heavy (non-hydrogen) atoms. The van der Waals surface area contributed by atoms with Crippen LogP contribution >= 0.6 is 0 Å². The molecule has 0 radical (unpaired) electrons. The summed E-state index contributed by atoms with van der Waals surface area (Å²) in [6.07, 6.45) is 0. The number of carbonyl (C=O) groups is 2. The quantitative estimate of drug-likeness (QED) is 0.486. The lowest BCUT2D eigenvalue weighted by Crippen LogP contribution is -2.42. The molecular weight excluding hydrogens is 254 g/mol. The maximum Gasteiger partial charge on any atom is 0.262 e. The molecule has 0 bridgehead atoms. The number of rotatable bonds is 1. The van der Waals surface area contributed by atoms with Gasteiger partial charge in [0.15, 0.2) is 5.78 Å². The molecule has 0 unspecified atom stereocenters. The third kappa shape index (κ3) is 2.33. The van der Waals surface area contributed by atoms with E-state index in [1.165, 1.54) is 4.90 Å². The Morgan fingerprint density at radius 3 is 2.30 bits per heavy atom. The van der Waals surface area contributed by atoms with Gasteiger partial charge in [0.1, 0.15) is 11.3 Å². The van der Waals surface area contributed by atoms with Crippen LogP contribution in [0.25, 0.3) is 5.76 Å². The number of benzene rings is 1. The molecule has 1 fully saturated rings. The van der Waals surface area contributed by atoms with Crippen LogP contribution < -0.4 is 0 Å². The number of aryl methyl sites for hydroxylation is 1. The molecule has 1 heterocycles. The highest BCUT2D eigenvalue weighted by Crippen LogP contribution is 2.29. The van der Waals surface area contributed by atoms with E-state index in [0.717, 1.165) is 5.56 Å². The van der Waals surface area contributed by atoms with E-state index in [4.69, 9.17) is 0 Å². The van der Waals surface area contributed by atoms with Crippen molar-refractivity contribution in [2.45, 2.75) is 33.2 Å². The number of Topliss-reactive ketones (excluding diaryl/α,β-unsaturated/α-hetero) is 1. The Kier molecular flexibility index (Phi) is 3.42. The van der Waals surface area contributed by atoms with Crippen molar-refractivity contribution in [3.05, 3.63) is 41.0 Å². The van der Waals surface area contributed by atoms with Crippen molar-refractivity contribution >= 4 is 17.4 Å². The van der Waals surface area contributed by atoms with Gasteiger partial charge in [0.2, 0.25) is 0 Å². The van der Waals surface area contributed by atoms with Gasteiger partial charge < -0.3 is 10.0 Å². The number of nitrogens with zero attached hydrogens (tertiary/aromatic N) is 1. The normalized spacial score (nSPS) is 18.7. The molecule has 1 aliphatic heterocycles. The number of aliphatic hydroxyl groups is 1. The van der Waals surface area contributed by atoms with Gasteiger partial charge in [-0.1, -0.05) is 24.3 Å². The minimum absolute atomic E-state index is 0.0214. The topological polar surface area (TPSA) is 57.6 Å². The lowest BCUT2D eigenvalue weighted by atomic mass is 10.0. The van der Waals surface area contributed by atoms with E-state index in [1.54, 1.807) is 12.1 Å². The molecule has 1 N–H and O–H groups in total. The summed E-state index contributed by atoms with van der Waals surface area (Å²) in [5.74, 6) is -0.946. The van der Waals surface area contributed by atoms with Crippen LogP contribution in [0.2, 0.25) is 0 Å². The molecule has 106 valence electrons. The average Bonchev–Trinajstić information content (AvgIpc) is 2.64. The van der Waals surface area contributed by atoms with Gasteiger partial charge in [-0.25, -0.2) is 0 Å². The van der Waals surface area contributed by atoms with Gasteiger partial charge in [-0.05, 0) is 33.3 Å². The fourth-order valence-electron chi connectivity index (χ4n) is 2.30. The second-order valence-electron chi connectivity index (χ2n) is 6.02. The maximum atomic E-state index is 12.4. The van der Waals surface area contributed by atoms with Gasteiger partial charge in [0, 0.05) is 11.1 Å². The van der Waals surface area contributed by atoms with Crippen molar-refractivity contribution in [3.8, 4) is 0 Å². The molecule has 1 saturated heterocycles. The van der Waals surface area contributed by atoms with Crippen LogP contribution in [0.15, 0.2) is 29.8 Å². The van der Waals surface area contributed by atoms with Crippen LogP contribution in [0.5, 0.6) is 0 Å². The van der Waals surface area contributed by atoms with Crippen molar-refractivity contribution in [1.29, 1.82) is 0 Å². The monoisotopic (exact) mass is 273 g/mol. The van der Waals surface area contributed by atoms with Gasteiger partial charge in [0.25, 0.3) is 5.91 Å². The number of hydrogen-bond donors (Lipinski definition) is 1. The summed E-state index contributed by atoms with van der Waals surface area (Å²) in [7, 11) is 0. The third-order valence-corrected chi connectivity index (χ3v) is 3.49. The summed E-state index contributed by atoms with van der Waals surface area (Å²) in [5.41, 5.74) is 0.807. The Morgan fingerprint density at radius 1 is 1.20 bits per heavy atom. The SMILES string of the molecule is Cc1ccccc1/C(O)=C1\C(=O)CN(C(C)(C)C)C1=O. The Balaban J connectivity index is 2.52. The second kappa shape index (κ2) is 4.78. The molecule has 0 spiro atoms. The van der Waals surface area contributed by atoms with Crippen LogP contribution in [0.1, 0.15) is 31.9 Å². The highest BCUT2D eigenvalue weighted by molar-refractivity contribution is 6.29. The Labute approximate surface area is 118 Å². The van der Waals surface area contributed by atoms with Gasteiger partial charge in [0.05, 0.1) is 6.54 Å². The van der Waals surface area contributed by atoms with Gasteiger partial charge in [-0.15, -0.1) is 0 Å². The highest BCUT2D eigenvalue weighted by Gasteiger charge is 2.41. The zero-order valence-electron chi connectivity index (χ0n) is 12.2. The molecule has 1 aliphatic rings. The molecule has 1 amide bonds. The number of amides is 1. The van der Waals surface area contributed by atoms with Crippen molar-refractivity contribution in [2.75, 3.05) is 6.54 Å². The summed E-state index contributed by atoms with van der Waals surface area (Å²) in [6, 6.07) is 7.15. The predicted molar refractivity (Wildman–Crippen MR) is 77.2 cm³/mol. The predicted octanol–water partition coefficient (Wildman–Crippen LogP) is 2.47. The largest absolute Gasteiger partial charge is 0.506 e. The first-order valence-corrected chi connectivity index (χ1v) is 6.58. The number of carbonyl (C=O) groups excluding carboxylic acids is 2. The summed E-state index contributed by atoms with van der Waals surface area (Å²) < 4.78 is 0. The van der Waals surface area contributed by atoms with E-state index in [2.05, 4.69) is 0 Å². The van der Waals surface area contributed by atoms with Crippen molar-refractivity contribution in [3.63, 3.8) is 0 Å². The van der Waals surface area contributed by atoms with Crippen LogP contribution in [0.4, 0.5) is 0 Å². The number of likely N-dealkylation sites (tertiary alicyclic amines) is 1. The van der Waals surface area contributed by atoms with Gasteiger partial charge in [-0.2, -0.15) is 0 Å². The molecule has 2 rings (SSSR count). The highest BCUT2D eigenvalue weighted by atomic mass is 16.3. The molecule has 4 heteroatoms. The maximum absolute atomic E-state index is 12.4. The Morgan fingerprint density at radius 2 is 1.80 bits per heavy atom. The van der Waals surface area contributed by atoms with Crippen molar-refractivity contribution < 1.29 is 14.7 Å². The molecule has 0 atom stereocenters. The third-order valence-electron chi connectivity index (χ3n) is 3.49. The number of hydrogen-bond acceptors (Lipinski definition) is 3. The molecule has 1 aromatic carbocycles.